The number of aryl methyl sites for hydroxylation is 2. The Labute approximate surface area is 164 Å². The van der Waals surface area contributed by atoms with E-state index in [1.165, 1.54) is 11.8 Å². The molecular formula is C21H26N2O3S. The number of hydrogen-bond donors (Lipinski definition) is 1. The zero-order valence-electron chi connectivity index (χ0n) is 16.2. The summed E-state index contributed by atoms with van der Waals surface area (Å²) >= 11 is 1.66. The smallest absolute Gasteiger partial charge is 0.291 e. The van der Waals surface area contributed by atoms with Crippen LogP contribution in [0, 0.1) is 19.8 Å². The van der Waals surface area contributed by atoms with Gasteiger partial charge in [0.25, 0.3) is 5.91 Å². The Hall–Kier alpha value is -2.21. The highest BCUT2D eigenvalue weighted by Gasteiger charge is 2.42. The van der Waals surface area contributed by atoms with E-state index in [1.807, 2.05) is 32.0 Å². The predicted octanol–water partition coefficient (Wildman–Crippen LogP) is 4.46. The molecule has 1 aromatic carbocycles. The summed E-state index contributed by atoms with van der Waals surface area (Å²) in [5.41, 5.74) is 3.05. The Kier molecular flexibility index (Phi) is 5.95. The Morgan fingerprint density at radius 3 is 2.67 bits per heavy atom. The first-order valence-corrected chi connectivity index (χ1v) is 10.3. The fraction of sp³-hybridized carbons (Fsp3) is 0.429. The highest BCUT2D eigenvalue weighted by Crippen LogP contribution is 2.35. The van der Waals surface area contributed by atoms with Crippen LogP contribution < -0.4 is 5.32 Å². The Balaban J connectivity index is 1.81. The van der Waals surface area contributed by atoms with Crippen molar-refractivity contribution in [1.82, 2.24) is 4.90 Å². The van der Waals surface area contributed by atoms with Gasteiger partial charge in [0.15, 0.2) is 5.76 Å². The van der Waals surface area contributed by atoms with E-state index in [9.17, 15) is 9.59 Å². The van der Waals surface area contributed by atoms with Crippen LogP contribution >= 0.6 is 11.8 Å². The van der Waals surface area contributed by atoms with Gasteiger partial charge in [-0.15, -0.1) is 11.8 Å². The molecule has 1 aliphatic rings. The molecule has 1 fully saturated rings. The van der Waals surface area contributed by atoms with E-state index in [0.717, 1.165) is 17.7 Å². The van der Waals surface area contributed by atoms with Gasteiger partial charge >= 0.3 is 0 Å². The summed E-state index contributed by atoms with van der Waals surface area (Å²) in [7, 11) is 0. The van der Waals surface area contributed by atoms with Gasteiger partial charge in [-0.2, -0.15) is 0 Å². The van der Waals surface area contributed by atoms with Crippen molar-refractivity contribution in [1.29, 1.82) is 0 Å². The zero-order valence-corrected chi connectivity index (χ0v) is 17.0. The Bertz CT molecular complexity index is 817. The van der Waals surface area contributed by atoms with Crippen LogP contribution in [0.15, 0.2) is 41.0 Å². The van der Waals surface area contributed by atoms with E-state index in [0.29, 0.717) is 11.7 Å². The molecule has 2 amide bonds. The van der Waals surface area contributed by atoms with Crippen molar-refractivity contribution in [3.8, 4) is 0 Å². The van der Waals surface area contributed by atoms with Gasteiger partial charge in [-0.05, 0) is 61.6 Å². The summed E-state index contributed by atoms with van der Waals surface area (Å²) in [5.74, 6) is 0.902. The van der Waals surface area contributed by atoms with Gasteiger partial charge < -0.3 is 14.6 Å². The van der Waals surface area contributed by atoms with Crippen molar-refractivity contribution in [2.45, 2.75) is 45.5 Å². The van der Waals surface area contributed by atoms with Crippen LogP contribution in [0.3, 0.4) is 0 Å². The van der Waals surface area contributed by atoms with Crippen molar-refractivity contribution < 1.29 is 14.0 Å². The van der Waals surface area contributed by atoms with Crippen LogP contribution in [-0.2, 0) is 4.79 Å². The normalized spacial score (nSPS) is 19.5. The number of furan rings is 1. The van der Waals surface area contributed by atoms with E-state index in [2.05, 4.69) is 19.2 Å². The minimum atomic E-state index is -0.516. The maximum Gasteiger partial charge on any atom is 0.291 e. The van der Waals surface area contributed by atoms with E-state index in [-0.39, 0.29) is 22.9 Å². The van der Waals surface area contributed by atoms with E-state index >= 15 is 0 Å². The van der Waals surface area contributed by atoms with Gasteiger partial charge in [-0.3, -0.25) is 9.59 Å². The van der Waals surface area contributed by atoms with Gasteiger partial charge in [0, 0.05) is 11.4 Å². The first kappa shape index (κ1) is 19.5. The number of carbonyl (C=O) groups excluding carboxylic acids is 2. The van der Waals surface area contributed by atoms with E-state index in [1.54, 1.807) is 28.8 Å². The van der Waals surface area contributed by atoms with E-state index < -0.39 is 6.04 Å². The molecule has 5 nitrogen and oxygen atoms in total. The maximum absolute atomic E-state index is 13.0. The number of hydrogen-bond acceptors (Lipinski definition) is 4. The molecule has 3 rings (SSSR count). The van der Waals surface area contributed by atoms with E-state index in [4.69, 9.17) is 4.42 Å². The first-order chi connectivity index (χ1) is 12.9. The second kappa shape index (κ2) is 8.21. The lowest BCUT2D eigenvalue weighted by molar-refractivity contribution is -0.119. The molecule has 2 atom stereocenters. The minimum Gasteiger partial charge on any atom is -0.459 e. The van der Waals surface area contributed by atoms with Gasteiger partial charge in [-0.1, -0.05) is 19.9 Å². The molecule has 27 heavy (non-hydrogen) atoms. The second-order valence-electron chi connectivity index (χ2n) is 7.41. The third-order valence-electron chi connectivity index (χ3n) is 4.81. The molecule has 0 bridgehead atoms. The fourth-order valence-corrected chi connectivity index (χ4v) is 4.84. The molecule has 144 valence electrons. The first-order valence-electron chi connectivity index (χ1n) is 9.22. The van der Waals surface area contributed by atoms with Gasteiger partial charge in [0.1, 0.15) is 6.04 Å². The summed E-state index contributed by atoms with van der Waals surface area (Å²) in [4.78, 5) is 27.7. The third-order valence-corrected chi connectivity index (χ3v) is 6.12. The number of nitrogens with one attached hydrogen (secondary N) is 1. The van der Waals surface area contributed by atoms with Crippen LogP contribution in [0.2, 0.25) is 0 Å². The van der Waals surface area contributed by atoms with Crippen molar-refractivity contribution in [2.24, 2.45) is 5.92 Å². The average Bonchev–Trinajstić information content (AvgIpc) is 3.27. The van der Waals surface area contributed by atoms with Crippen LogP contribution in [-0.4, -0.2) is 33.9 Å². The molecule has 1 N–H and O–H groups in total. The lowest BCUT2D eigenvalue weighted by Crippen LogP contribution is -2.48. The predicted molar refractivity (Wildman–Crippen MR) is 109 cm³/mol. The molecule has 2 aromatic rings. The number of nitrogens with zero attached hydrogens (tertiary/aromatic N) is 1. The topological polar surface area (TPSA) is 62.6 Å². The number of thioether (sulfide) groups is 1. The van der Waals surface area contributed by atoms with Crippen molar-refractivity contribution >= 4 is 29.3 Å². The standard InChI is InChI=1S/C21H26N2O3S/c1-13(2)10-19-23(21(25)18-6-5-9-26-18)17(12-27-19)20(24)22-16-8-7-14(3)15(4)11-16/h5-9,11,13,17,19H,10,12H2,1-4H3,(H,22,24). The third kappa shape index (κ3) is 4.38. The molecule has 1 aromatic heterocycles. The fourth-order valence-electron chi connectivity index (χ4n) is 3.19. The zero-order chi connectivity index (χ0) is 19.6. The van der Waals surface area contributed by atoms with Gasteiger partial charge in [0.05, 0.1) is 11.6 Å². The second-order valence-corrected chi connectivity index (χ2v) is 8.62. The molecular weight excluding hydrogens is 360 g/mol. The summed E-state index contributed by atoms with van der Waals surface area (Å²) in [6.07, 6.45) is 2.32. The SMILES string of the molecule is Cc1ccc(NC(=O)C2CSC(CC(C)C)N2C(=O)c2ccco2)cc1C. The number of carbonyl (C=O) groups is 2. The number of rotatable bonds is 5. The molecule has 6 heteroatoms. The van der Waals surface area contributed by atoms with Crippen molar-refractivity contribution in [3.05, 3.63) is 53.5 Å². The van der Waals surface area contributed by atoms with Crippen molar-refractivity contribution in [3.63, 3.8) is 0 Å². The van der Waals surface area contributed by atoms with Crippen molar-refractivity contribution in [2.75, 3.05) is 11.1 Å². The van der Waals surface area contributed by atoms with Crippen LogP contribution in [0.4, 0.5) is 5.69 Å². The van der Waals surface area contributed by atoms with Gasteiger partial charge in [0.2, 0.25) is 5.91 Å². The quantitative estimate of drug-likeness (QED) is 0.824. The number of amides is 2. The lowest BCUT2D eigenvalue weighted by atomic mass is 10.1. The highest BCUT2D eigenvalue weighted by atomic mass is 32.2. The largest absolute Gasteiger partial charge is 0.459 e. The molecule has 0 saturated carbocycles. The van der Waals surface area contributed by atoms with Crippen LogP contribution in [0.1, 0.15) is 41.9 Å². The molecule has 2 heterocycles. The summed E-state index contributed by atoms with van der Waals surface area (Å²) < 4.78 is 5.30. The van der Waals surface area contributed by atoms with Gasteiger partial charge in [-0.25, -0.2) is 0 Å². The molecule has 0 aliphatic carbocycles. The monoisotopic (exact) mass is 386 g/mol. The molecule has 2 unspecified atom stereocenters. The maximum atomic E-state index is 13.0. The molecule has 0 radical (unpaired) electrons. The summed E-state index contributed by atoms with van der Waals surface area (Å²) in [5, 5.41) is 2.95. The number of benzene rings is 1. The Morgan fingerprint density at radius 2 is 2.04 bits per heavy atom. The molecule has 1 aliphatic heterocycles. The lowest BCUT2D eigenvalue weighted by Gasteiger charge is -2.29. The summed E-state index contributed by atoms with van der Waals surface area (Å²) in [6.45, 7) is 8.30. The van der Waals surface area contributed by atoms with Crippen LogP contribution in [0.5, 0.6) is 0 Å². The highest BCUT2D eigenvalue weighted by molar-refractivity contribution is 8.00. The van der Waals surface area contributed by atoms with Crippen LogP contribution in [0.25, 0.3) is 0 Å². The minimum absolute atomic E-state index is 0.0295. The summed E-state index contributed by atoms with van der Waals surface area (Å²) in [6, 6.07) is 8.67. The molecule has 0 spiro atoms. The number of anilines is 1. The Morgan fingerprint density at radius 1 is 1.26 bits per heavy atom. The molecule has 1 saturated heterocycles. The average molecular weight is 387 g/mol.